The quantitative estimate of drug-likeness (QED) is 0.212. The molecule has 3 aromatic rings. The molecule has 2 bridgehead atoms. The average molecular weight is 715 g/mol. The minimum atomic E-state index is -1.11. The number of aromatic nitrogens is 1. The van der Waals surface area contributed by atoms with Gasteiger partial charge in [-0.3, -0.25) is 24.0 Å². The van der Waals surface area contributed by atoms with E-state index in [9.17, 15) is 24.0 Å². The molecule has 13 heteroatoms. The Morgan fingerprint density at radius 3 is 2.33 bits per heavy atom. The van der Waals surface area contributed by atoms with Gasteiger partial charge in [0.2, 0.25) is 23.6 Å². The van der Waals surface area contributed by atoms with Gasteiger partial charge in [-0.25, -0.2) is 0 Å². The smallest absolute Gasteiger partial charge is 0.268 e. The van der Waals surface area contributed by atoms with Crippen molar-refractivity contribution in [3.05, 3.63) is 83.7 Å². The first kappa shape index (κ1) is 37.9. The van der Waals surface area contributed by atoms with Gasteiger partial charge >= 0.3 is 0 Å². The maximum Gasteiger partial charge on any atom is 0.268 e. The predicted molar refractivity (Wildman–Crippen MR) is 195 cm³/mol. The number of H-pyrrole nitrogens is 1. The molecule has 3 heterocycles. The lowest BCUT2D eigenvalue weighted by molar-refractivity contribution is -0.140. The third-order valence-electron chi connectivity index (χ3n) is 9.18. The summed E-state index contributed by atoms with van der Waals surface area (Å²) in [5, 5.41) is 11.5. The normalized spacial score (nSPS) is 22.2. The summed E-state index contributed by atoms with van der Waals surface area (Å²) in [7, 11) is 1.55. The molecular weight excluding hydrogens is 664 g/mol. The van der Waals surface area contributed by atoms with Crippen LogP contribution < -0.4 is 30.7 Å². The first-order chi connectivity index (χ1) is 25.0. The van der Waals surface area contributed by atoms with E-state index in [0.717, 1.165) is 24.0 Å². The highest BCUT2D eigenvalue weighted by molar-refractivity contribution is 5.98. The highest BCUT2D eigenvalue weighted by Gasteiger charge is 2.33. The molecule has 0 spiro atoms. The molecule has 0 unspecified atom stereocenters. The lowest BCUT2D eigenvalue weighted by Crippen LogP contribution is -2.58. The van der Waals surface area contributed by atoms with Crippen LogP contribution in [0.2, 0.25) is 0 Å². The summed E-state index contributed by atoms with van der Waals surface area (Å²) in [6.07, 6.45) is 4.42. The summed E-state index contributed by atoms with van der Waals surface area (Å²) in [6, 6.07) is 14.1. The largest absolute Gasteiger partial charge is 0.497 e. The molecule has 3 aliphatic rings. The van der Waals surface area contributed by atoms with Gasteiger partial charge in [-0.2, -0.15) is 0 Å². The van der Waals surface area contributed by atoms with Gasteiger partial charge < -0.3 is 40.6 Å². The van der Waals surface area contributed by atoms with Crippen LogP contribution in [0.1, 0.15) is 61.6 Å². The first-order valence-corrected chi connectivity index (χ1v) is 17.9. The molecule has 0 radical (unpaired) electrons. The maximum absolute atomic E-state index is 14.1. The topological polar surface area (TPSA) is 171 Å². The Labute approximate surface area is 304 Å². The van der Waals surface area contributed by atoms with Gasteiger partial charge in [0.15, 0.2) is 0 Å². The molecule has 5 amide bonds. The number of fused-ring (bicyclic) bond motifs is 17. The Balaban J connectivity index is 1.46. The highest BCUT2D eigenvalue weighted by atomic mass is 16.5. The molecule has 1 saturated carbocycles. The molecule has 2 aliphatic heterocycles. The number of ether oxygens (including phenoxy) is 2. The van der Waals surface area contributed by atoms with Crippen LogP contribution in [-0.2, 0) is 32.0 Å². The van der Waals surface area contributed by atoms with Gasteiger partial charge in [0, 0.05) is 25.6 Å². The van der Waals surface area contributed by atoms with Gasteiger partial charge in [0.25, 0.3) is 5.91 Å². The van der Waals surface area contributed by atoms with Gasteiger partial charge in [0.05, 0.1) is 19.7 Å². The van der Waals surface area contributed by atoms with Crippen LogP contribution in [0.4, 0.5) is 0 Å². The number of carbonyl (C=O) groups is 5. The van der Waals surface area contributed by atoms with Crippen molar-refractivity contribution in [1.29, 1.82) is 0 Å². The summed E-state index contributed by atoms with van der Waals surface area (Å²) in [5.41, 5.74) is 1.76. The number of hydrogen-bond donors (Lipinski definition) is 5. The predicted octanol–water partition coefficient (Wildman–Crippen LogP) is 2.76. The summed E-state index contributed by atoms with van der Waals surface area (Å²) >= 11 is 0. The number of amides is 5. The molecule has 0 saturated heterocycles. The van der Waals surface area contributed by atoms with E-state index in [-0.39, 0.29) is 49.6 Å². The van der Waals surface area contributed by atoms with Crippen molar-refractivity contribution in [3.63, 3.8) is 0 Å². The van der Waals surface area contributed by atoms with Crippen molar-refractivity contribution in [3.8, 4) is 11.5 Å². The fraction of sp³-hybridized carbons (Fsp3) is 0.462. The summed E-state index contributed by atoms with van der Waals surface area (Å²) < 4.78 is 11.4. The number of hydrogen-bond acceptors (Lipinski definition) is 7. The third-order valence-corrected chi connectivity index (χ3v) is 9.18. The van der Waals surface area contributed by atoms with Crippen LogP contribution in [0.15, 0.2) is 66.9 Å². The Morgan fingerprint density at radius 2 is 1.69 bits per heavy atom. The maximum atomic E-state index is 14.1. The highest BCUT2D eigenvalue weighted by Crippen LogP contribution is 2.30. The monoisotopic (exact) mass is 714 g/mol. The molecule has 52 heavy (non-hydrogen) atoms. The average Bonchev–Trinajstić information content (AvgIpc) is 3.76. The lowest BCUT2D eigenvalue weighted by atomic mass is 10.0. The lowest BCUT2D eigenvalue weighted by Gasteiger charge is -2.29. The standard InChI is InChI=1S/C39H50N6O7/c1-24(2)18-29-23-52-31-15-11-27(12-16-31)20-34(43-36(47)32-6-5-17-40-32)38(49)44-33(19-26-9-13-30(51-4)14-10-26)37(48)41-25(3)39(50)45(21-28-7-8-28)22-35(46)42-29/h5-6,9-17,24-25,28-29,33-34,40H,7-8,18-23H2,1-4H3,(H,41,48)(H,42,46)(H,43,47)(H,44,49)/t25-,29+,33+,34+/m1/s1. The van der Waals surface area contributed by atoms with E-state index in [0.29, 0.717) is 30.4 Å². The summed E-state index contributed by atoms with van der Waals surface area (Å²) in [4.78, 5) is 72.8. The Bertz CT molecular complexity index is 1670. The number of nitrogens with zero attached hydrogens (tertiary/aromatic N) is 1. The zero-order valence-electron chi connectivity index (χ0n) is 30.3. The minimum absolute atomic E-state index is 0.0945. The van der Waals surface area contributed by atoms with E-state index in [1.165, 1.54) is 4.90 Å². The molecule has 278 valence electrons. The molecule has 6 rings (SSSR count). The molecular formula is C39H50N6O7. The molecule has 1 aromatic heterocycles. The molecule has 1 fully saturated rings. The SMILES string of the molecule is COc1ccc(C[C@@H]2NC(=O)[C@@H](NC(=O)c3ccc[nH]3)Cc3ccc(cc3)OC[C@H](CC(C)C)NC(=O)CN(CC3CC3)C(=O)[C@@H](C)NC2=O)cc1. The Kier molecular flexibility index (Phi) is 12.9. The van der Waals surface area contributed by atoms with Crippen LogP contribution in [0, 0.1) is 11.8 Å². The number of carbonyl (C=O) groups excluding carboxylic acids is 5. The minimum Gasteiger partial charge on any atom is -0.497 e. The Morgan fingerprint density at radius 1 is 0.962 bits per heavy atom. The molecule has 4 atom stereocenters. The van der Waals surface area contributed by atoms with Gasteiger partial charge in [-0.05, 0) is 85.5 Å². The van der Waals surface area contributed by atoms with Crippen molar-refractivity contribution >= 4 is 29.5 Å². The van der Waals surface area contributed by atoms with Crippen LogP contribution in [0.5, 0.6) is 11.5 Å². The molecule has 5 N–H and O–H groups in total. The van der Waals surface area contributed by atoms with E-state index in [1.807, 2.05) is 12.1 Å². The van der Waals surface area contributed by atoms with Crippen molar-refractivity contribution in [2.45, 2.75) is 77.0 Å². The van der Waals surface area contributed by atoms with Gasteiger partial charge in [-0.1, -0.05) is 38.1 Å². The van der Waals surface area contributed by atoms with E-state index in [2.05, 4.69) is 40.1 Å². The molecule has 13 nitrogen and oxygen atoms in total. The van der Waals surface area contributed by atoms with Crippen LogP contribution in [-0.4, -0.2) is 90.4 Å². The van der Waals surface area contributed by atoms with Crippen molar-refractivity contribution in [2.75, 3.05) is 26.8 Å². The van der Waals surface area contributed by atoms with E-state index in [4.69, 9.17) is 9.47 Å². The second-order valence-corrected chi connectivity index (χ2v) is 14.2. The van der Waals surface area contributed by atoms with E-state index in [1.54, 1.807) is 68.8 Å². The van der Waals surface area contributed by atoms with Crippen LogP contribution in [0.3, 0.4) is 0 Å². The number of rotatable bonds is 9. The van der Waals surface area contributed by atoms with Crippen molar-refractivity contribution in [1.82, 2.24) is 31.2 Å². The van der Waals surface area contributed by atoms with Crippen molar-refractivity contribution < 1.29 is 33.4 Å². The van der Waals surface area contributed by atoms with Gasteiger partial charge in [-0.15, -0.1) is 0 Å². The fourth-order valence-corrected chi connectivity index (χ4v) is 6.23. The fourth-order valence-electron chi connectivity index (χ4n) is 6.23. The molecule has 1 aliphatic carbocycles. The second kappa shape index (κ2) is 17.7. The number of benzene rings is 2. The zero-order chi connectivity index (χ0) is 37.2. The van der Waals surface area contributed by atoms with Crippen LogP contribution >= 0.6 is 0 Å². The zero-order valence-corrected chi connectivity index (χ0v) is 30.3. The number of nitrogens with one attached hydrogen (secondary N) is 5. The number of aromatic amines is 1. The van der Waals surface area contributed by atoms with Gasteiger partial charge in [0.1, 0.15) is 41.9 Å². The van der Waals surface area contributed by atoms with Crippen LogP contribution in [0.25, 0.3) is 0 Å². The van der Waals surface area contributed by atoms with E-state index < -0.39 is 41.8 Å². The first-order valence-electron chi connectivity index (χ1n) is 17.9. The van der Waals surface area contributed by atoms with Crippen molar-refractivity contribution in [2.24, 2.45) is 11.8 Å². The summed E-state index contributed by atoms with van der Waals surface area (Å²) in [6.45, 7) is 6.17. The second-order valence-electron chi connectivity index (χ2n) is 14.2. The number of methoxy groups -OCH3 is 1. The molecule has 2 aromatic carbocycles. The Hall–Kier alpha value is -5.33. The van der Waals surface area contributed by atoms with E-state index >= 15 is 0 Å². The third kappa shape index (κ3) is 11.1. The summed E-state index contributed by atoms with van der Waals surface area (Å²) in [5.74, 6) is -0.563.